The summed E-state index contributed by atoms with van der Waals surface area (Å²) < 4.78 is 26.8. The van der Waals surface area contributed by atoms with Gasteiger partial charge in [-0.3, -0.25) is 4.98 Å². The van der Waals surface area contributed by atoms with Crippen molar-refractivity contribution in [3.05, 3.63) is 36.5 Å². The molecule has 0 spiro atoms. The highest BCUT2D eigenvalue weighted by Crippen LogP contribution is 2.37. The third-order valence-corrected chi connectivity index (χ3v) is 6.25. The molecule has 1 N–H and O–H groups in total. The predicted octanol–water partition coefficient (Wildman–Crippen LogP) is 1.89. The van der Waals surface area contributed by atoms with E-state index in [0.29, 0.717) is 24.0 Å². The molecule has 1 unspecified atom stereocenters. The Hall–Kier alpha value is -2.13. The molecule has 0 radical (unpaired) electrons. The second-order valence-corrected chi connectivity index (χ2v) is 8.29. The van der Waals surface area contributed by atoms with Gasteiger partial charge in [0.15, 0.2) is 5.82 Å². The maximum absolute atomic E-state index is 12.6. The molecule has 24 heavy (non-hydrogen) atoms. The van der Waals surface area contributed by atoms with Crippen LogP contribution in [-0.4, -0.2) is 44.5 Å². The lowest BCUT2D eigenvalue weighted by Gasteiger charge is -2.26. The van der Waals surface area contributed by atoms with Gasteiger partial charge in [-0.05, 0) is 32.8 Å². The van der Waals surface area contributed by atoms with E-state index in [4.69, 9.17) is 0 Å². The Morgan fingerprint density at radius 3 is 2.54 bits per heavy atom. The topological polar surface area (TPSA) is 101 Å². The number of anilines is 2. The van der Waals surface area contributed by atoms with Crippen LogP contribution in [0.3, 0.4) is 0 Å². The summed E-state index contributed by atoms with van der Waals surface area (Å²) in [5.74, 6) is 0.884. The van der Waals surface area contributed by atoms with E-state index in [2.05, 4.69) is 25.3 Å². The van der Waals surface area contributed by atoms with Gasteiger partial charge in [0.1, 0.15) is 5.69 Å². The van der Waals surface area contributed by atoms with Crippen LogP contribution in [-0.2, 0) is 10.0 Å². The third-order valence-electron chi connectivity index (χ3n) is 3.96. The summed E-state index contributed by atoms with van der Waals surface area (Å²) >= 11 is 0. The highest BCUT2D eigenvalue weighted by Gasteiger charge is 2.38. The van der Waals surface area contributed by atoms with Gasteiger partial charge in [0, 0.05) is 31.3 Å². The fourth-order valence-corrected chi connectivity index (χ4v) is 4.23. The number of sulfonamides is 1. The highest BCUT2D eigenvalue weighted by molar-refractivity contribution is 7.89. The second kappa shape index (κ2) is 6.78. The molecule has 2 aromatic rings. The highest BCUT2D eigenvalue weighted by atomic mass is 32.2. The SMILES string of the molecule is CC(C)S(=O)(=O)N1CCCC1c1nccnc1Nc1ncccn1. The van der Waals surface area contributed by atoms with Crippen molar-refractivity contribution in [1.82, 2.24) is 24.2 Å². The van der Waals surface area contributed by atoms with Crippen LogP contribution in [0, 0.1) is 0 Å². The fraction of sp³-hybridized carbons (Fsp3) is 0.467. The minimum Gasteiger partial charge on any atom is -0.307 e. The molecule has 1 aliphatic rings. The predicted molar refractivity (Wildman–Crippen MR) is 90.1 cm³/mol. The first-order valence-electron chi connectivity index (χ1n) is 7.85. The van der Waals surface area contributed by atoms with Gasteiger partial charge in [0.2, 0.25) is 16.0 Å². The van der Waals surface area contributed by atoms with Crippen molar-refractivity contribution in [2.24, 2.45) is 0 Å². The van der Waals surface area contributed by atoms with E-state index in [0.717, 1.165) is 12.8 Å². The summed E-state index contributed by atoms with van der Waals surface area (Å²) in [5, 5.41) is 2.56. The molecule has 9 heteroatoms. The summed E-state index contributed by atoms with van der Waals surface area (Å²) in [6.07, 6.45) is 7.90. The standard InChI is InChI=1S/C15H20N6O2S/c1-11(2)24(22,23)21-10-3-5-12(21)13-14(17-9-8-16-13)20-15-18-6-4-7-19-15/h4,6-9,11-12H,3,5,10H2,1-2H3,(H,17,18,19,20). The van der Waals surface area contributed by atoms with Crippen molar-refractivity contribution in [2.45, 2.75) is 38.0 Å². The number of nitrogens with zero attached hydrogens (tertiary/aromatic N) is 5. The number of nitrogens with one attached hydrogen (secondary N) is 1. The average Bonchev–Trinajstić information content (AvgIpc) is 3.06. The molecule has 2 aromatic heterocycles. The van der Waals surface area contributed by atoms with E-state index < -0.39 is 15.3 Å². The summed E-state index contributed by atoms with van der Waals surface area (Å²) in [7, 11) is -3.36. The Balaban J connectivity index is 1.95. The molecule has 3 rings (SSSR count). The van der Waals surface area contributed by atoms with Crippen molar-refractivity contribution >= 4 is 21.8 Å². The zero-order valence-electron chi connectivity index (χ0n) is 13.6. The zero-order chi connectivity index (χ0) is 17.2. The van der Waals surface area contributed by atoms with Gasteiger partial charge in [-0.25, -0.2) is 23.4 Å². The fourth-order valence-electron chi connectivity index (χ4n) is 2.75. The molecule has 128 valence electrons. The van der Waals surface area contributed by atoms with Crippen LogP contribution in [0.15, 0.2) is 30.9 Å². The van der Waals surface area contributed by atoms with Gasteiger partial charge < -0.3 is 5.32 Å². The molecule has 0 amide bonds. The Morgan fingerprint density at radius 2 is 1.83 bits per heavy atom. The van der Waals surface area contributed by atoms with Crippen LogP contribution < -0.4 is 5.32 Å². The Kier molecular flexibility index (Phi) is 4.72. The average molecular weight is 348 g/mol. The number of rotatable bonds is 5. The summed E-state index contributed by atoms with van der Waals surface area (Å²) in [4.78, 5) is 16.9. The van der Waals surface area contributed by atoms with E-state index in [1.807, 2.05) is 0 Å². The van der Waals surface area contributed by atoms with Crippen LogP contribution in [0.1, 0.15) is 38.4 Å². The van der Waals surface area contributed by atoms with Crippen LogP contribution >= 0.6 is 0 Å². The molecule has 1 fully saturated rings. The molecule has 3 heterocycles. The van der Waals surface area contributed by atoms with Gasteiger partial charge in [0.25, 0.3) is 0 Å². The molecule has 0 aromatic carbocycles. The van der Waals surface area contributed by atoms with Crippen molar-refractivity contribution in [3.8, 4) is 0 Å². The first-order chi connectivity index (χ1) is 11.5. The summed E-state index contributed by atoms with van der Waals surface area (Å²) in [6.45, 7) is 3.89. The van der Waals surface area contributed by atoms with E-state index in [1.54, 1.807) is 49.0 Å². The normalized spacial score (nSPS) is 18.9. The Morgan fingerprint density at radius 1 is 1.12 bits per heavy atom. The Bertz CT molecular complexity index is 797. The summed E-state index contributed by atoms with van der Waals surface area (Å²) in [6, 6.07) is 1.40. The summed E-state index contributed by atoms with van der Waals surface area (Å²) in [5.41, 5.74) is 0.603. The molecule has 0 bridgehead atoms. The monoisotopic (exact) mass is 348 g/mol. The van der Waals surface area contributed by atoms with E-state index in [-0.39, 0.29) is 6.04 Å². The molecule has 1 saturated heterocycles. The smallest absolute Gasteiger partial charge is 0.228 e. The molecule has 1 aliphatic heterocycles. The largest absolute Gasteiger partial charge is 0.307 e. The maximum Gasteiger partial charge on any atom is 0.228 e. The minimum atomic E-state index is -3.36. The quantitative estimate of drug-likeness (QED) is 0.880. The molecule has 8 nitrogen and oxygen atoms in total. The minimum absolute atomic E-state index is 0.322. The first kappa shape index (κ1) is 16.7. The van der Waals surface area contributed by atoms with Crippen molar-refractivity contribution in [3.63, 3.8) is 0 Å². The van der Waals surface area contributed by atoms with Crippen LogP contribution in [0.2, 0.25) is 0 Å². The number of hydrogen-bond donors (Lipinski definition) is 1. The lowest BCUT2D eigenvalue weighted by Crippen LogP contribution is -2.36. The lowest BCUT2D eigenvalue weighted by molar-refractivity contribution is 0.386. The molecule has 0 aliphatic carbocycles. The molecular formula is C15H20N6O2S. The van der Waals surface area contributed by atoms with Gasteiger partial charge in [-0.15, -0.1) is 0 Å². The third kappa shape index (κ3) is 3.22. The van der Waals surface area contributed by atoms with Crippen molar-refractivity contribution in [1.29, 1.82) is 0 Å². The van der Waals surface area contributed by atoms with Gasteiger partial charge in [-0.2, -0.15) is 4.31 Å². The number of hydrogen-bond acceptors (Lipinski definition) is 7. The van der Waals surface area contributed by atoms with Crippen LogP contribution in [0.5, 0.6) is 0 Å². The van der Waals surface area contributed by atoms with Gasteiger partial charge in [-0.1, -0.05) is 0 Å². The van der Waals surface area contributed by atoms with E-state index in [9.17, 15) is 8.42 Å². The van der Waals surface area contributed by atoms with Gasteiger partial charge in [0.05, 0.1) is 11.3 Å². The zero-order valence-corrected chi connectivity index (χ0v) is 14.4. The maximum atomic E-state index is 12.6. The van der Waals surface area contributed by atoms with Crippen molar-refractivity contribution in [2.75, 3.05) is 11.9 Å². The first-order valence-corrected chi connectivity index (χ1v) is 9.36. The van der Waals surface area contributed by atoms with E-state index >= 15 is 0 Å². The van der Waals surface area contributed by atoms with Crippen LogP contribution in [0.25, 0.3) is 0 Å². The molecule has 1 atom stereocenters. The van der Waals surface area contributed by atoms with Crippen LogP contribution in [0.4, 0.5) is 11.8 Å². The Labute approximate surface area is 141 Å². The lowest BCUT2D eigenvalue weighted by atomic mass is 10.1. The van der Waals surface area contributed by atoms with Crippen molar-refractivity contribution < 1.29 is 8.42 Å². The van der Waals surface area contributed by atoms with Gasteiger partial charge >= 0.3 is 0 Å². The molecule has 0 saturated carbocycles. The number of aromatic nitrogens is 4. The van der Waals surface area contributed by atoms with E-state index in [1.165, 1.54) is 0 Å². The molecular weight excluding hydrogens is 328 g/mol. The second-order valence-electron chi connectivity index (χ2n) is 5.85.